The van der Waals surface area contributed by atoms with Gasteiger partial charge < -0.3 is 5.32 Å². The first kappa shape index (κ1) is 19.9. The number of hydrogen-bond donors (Lipinski definition) is 3. The highest BCUT2D eigenvalue weighted by molar-refractivity contribution is 7.99. The van der Waals surface area contributed by atoms with Crippen molar-refractivity contribution in [1.82, 2.24) is 20.2 Å². The highest BCUT2D eigenvalue weighted by Crippen LogP contribution is 2.25. The summed E-state index contributed by atoms with van der Waals surface area (Å²) in [6.45, 7) is 1.85. The Labute approximate surface area is 171 Å². The van der Waals surface area contributed by atoms with Crippen LogP contribution in [0.3, 0.4) is 0 Å². The molecule has 0 saturated carbocycles. The fraction of sp³-hybridized carbons (Fsp3) is 0.167. The number of pyridine rings is 1. The lowest BCUT2D eigenvalue weighted by Crippen LogP contribution is -2.14. The van der Waals surface area contributed by atoms with E-state index in [0.717, 1.165) is 22.0 Å². The second-order valence-corrected chi connectivity index (χ2v) is 7.32. The van der Waals surface area contributed by atoms with Crippen molar-refractivity contribution >= 4 is 46.8 Å². The number of para-hydroxylation sites is 1. The van der Waals surface area contributed by atoms with Gasteiger partial charge in [-0.2, -0.15) is 10.1 Å². The minimum absolute atomic E-state index is 0.116. The molecular formula is C18H19N7OS2. The molecule has 3 rings (SSSR count). The van der Waals surface area contributed by atoms with E-state index in [1.165, 1.54) is 11.8 Å². The number of aromatic nitrogens is 4. The molecule has 3 aromatic rings. The van der Waals surface area contributed by atoms with Gasteiger partial charge in [0, 0.05) is 11.1 Å². The molecule has 0 aliphatic heterocycles. The lowest BCUT2D eigenvalue weighted by molar-refractivity contribution is -0.113. The van der Waals surface area contributed by atoms with E-state index in [4.69, 9.17) is 0 Å². The highest BCUT2D eigenvalue weighted by Gasteiger charge is 2.10. The Hall–Kier alpha value is -2.85. The summed E-state index contributed by atoms with van der Waals surface area (Å²) in [5.74, 6) is 0.483. The molecule has 0 unspecified atom stereocenters. The number of carbonyl (C=O) groups is 1. The fourth-order valence-corrected chi connectivity index (χ4v) is 3.35. The first-order valence-corrected chi connectivity index (χ1v) is 10.6. The largest absolute Gasteiger partial charge is 0.324 e. The van der Waals surface area contributed by atoms with Crippen LogP contribution in [0.1, 0.15) is 12.6 Å². The molecule has 0 fully saturated rings. The number of H-pyrrole nitrogens is 1. The number of anilines is 2. The van der Waals surface area contributed by atoms with Crippen LogP contribution in [0.5, 0.6) is 0 Å². The fourth-order valence-electron chi connectivity index (χ4n) is 2.20. The molecule has 8 nitrogen and oxygen atoms in total. The molecule has 1 aromatic carbocycles. The van der Waals surface area contributed by atoms with Gasteiger partial charge >= 0.3 is 0 Å². The summed E-state index contributed by atoms with van der Waals surface area (Å²) in [5, 5.41) is 14.4. The SMILES string of the molecule is CSc1ccccc1NC(=O)CSc1n[nH]c(N/N=C(\C)c2ccccn2)n1. The van der Waals surface area contributed by atoms with Gasteiger partial charge in [0.1, 0.15) is 0 Å². The normalized spacial score (nSPS) is 11.3. The van der Waals surface area contributed by atoms with Crippen LogP contribution in [-0.4, -0.2) is 43.8 Å². The molecule has 2 heterocycles. The number of nitrogens with zero attached hydrogens (tertiary/aromatic N) is 4. The summed E-state index contributed by atoms with van der Waals surface area (Å²) < 4.78 is 0. The molecule has 28 heavy (non-hydrogen) atoms. The van der Waals surface area contributed by atoms with E-state index >= 15 is 0 Å². The van der Waals surface area contributed by atoms with Gasteiger partial charge in [0.2, 0.25) is 17.0 Å². The number of benzene rings is 1. The van der Waals surface area contributed by atoms with Gasteiger partial charge in [-0.1, -0.05) is 30.0 Å². The maximum Gasteiger partial charge on any atom is 0.240 e. The first-order valence-electron chi connectivity index (χ1n) is 8.35. The Morgan fingerprint density at radius 1 is 1.21 bits per heavy atom. The van der Waals surface area contributed by atoms with Crippen molar-refractivity contribution < 1.29 is 4.79 Å². The van der Waals surface area contributed by atoms with Crippen molar-refractivity contribution in [3.05, 3.63) is 54.4 Å². The minimum atomic E-state index is -0.116. The van der Waals surface area contributed by atoms with Crippen LogP contribution in [0.4, 0.5) is 11.6 Å². The summed E-state index contributed by atoms with van der Waals surface area (Å²) in [6, 6.07) is 13.3. The first-order chi connectivity index (χ1) is 13.7. The average molecular weight is 414 g/mol. The van der Waals surface area contributed by atoms with Crippen molar-refractivity contribution in [3.8, 4) is 0 Å². The monoisotopic (exact) mass is 413 g/mol. The van der Waals surface area contributed by atoms with E-state index in [0.29, 0.717) is 11.1 Å². The topological polar surface area (TPSA) is 108 Å². The number of thioether (sulfide) groups is 2. The highest BCUT2D eigenvalue weighted by atomic mass is 32.2. The minimum Gasteiger partial charge on any atom is -0.324 e. The molecule has 3 N–H and O–H groups in total. The predicted octanol–water partition coefficient (Wildman–Crippen LogP) is 3.49. The van der Waals surface area contributed by atoms with Gasteiger partial charge in [-0.05, 0) is 37.4 Å². The van der Waals surface area contributed by atoms with Crippen molar-refractivity contribution in [1.29, 1.82) is 0 Å². The summed E-state index contributed by atoms with van der Waals surface area (Å²) >= 11 is 2.82. The number of hydrogen-bond acceptors (Lipinski definition) is 8. The Balaban J connectivity index is 1.51. The summed E-state index contributed by atoms with van der Waals surface area (Å²) in [5.41, 5.74) is 5.10. The third kappa shape index (κ3) is 5.57. The Morgan fingerprint density at radius 2 is 2.04 bits per heavy atom. The predicted molar refractivity (Wildman–Crippen MR) is 114 cm³/mol. The number of rotatable bonds is 8. The quantitative estimate of drug-likeness (QED) is 0.295. The molecular weight excluding hydrogens is 394 g/mol. The van der Waals surface area contributed by atoms with Gasteiger partial charge in [0.05, 0.1) is 22.8 Å². The molecule has 0 saturated heterocycles. The van der Waals surface area contributed by atoms with Gasteiger partial charge in [0.15, 0.2) is 0 Å². The van der Waals surface area contributed by atoms with Gasteiger partial charge in [0.25, 0.3) is 0 Å². The molecule has 144 valence electrons. The average Bonchev–Trinajstić information content (AvgIpc) is 3.19. The maximum atomic E-state index is 12.2. The van der Waals surface area contributed by atoms with E-state index in [9.17, 15) is 4.79 Å². The molecule has 1 amide bonds. The third-order valence-electron chi connectivity index (χ3n) is 3.54. The molecule has 0 aliphatic rings. The van der Waals surface area contributed by atoms with E-state index in [1.54, 1.807) is 18.0 Å². The third-order valence-corrected chi connectivity index (χ3v) is 5.19. The lowest BCUT2D eigenvalue weighted by atomic mass is 10.3. The number of amides is 1. The Morgan fingerprint density at radius 3 is 2.82 bits per heavy atom. The van der Waals surface area contributed by atoms with Gasteiger partial charge in [-0.3, -0.25) is 9.78 Å². The number of carbonyl (C=O) groups excluding carboxylic acids is 1. The lowest BCUT2D eigenvalue weighted by Gasteiger charge is -2.08. The van der Waals surface area contributed by atoms with Crippen LogP contribution in [0, 0.1) is 0 Å². The van der Waals surface area contributed by atoms with Gasteiger partial charge in [-0.25, -0.2) is 10.5 Å². The van der Waals surface area contributed by atoms with Gasteiger partial charge in [-0.15, -0.1) is 16.9 Å². The maximum absolute atomic E-state index is 12.2. The van der Waals surface area contributed by atoms with Crippen molar-refractivity contribution in [2.75, 3.05) is 22.8 Å². The molecule has 2 aromatic heterocycles. The smallest absolute Gasteiger partial charge is 0.240 e. The molecule has 0 atom stereocenters. The van der Waals surface area contributed by atoms with Crippen LogP contribution < -0.4 is 10.7 Å². The Kier molecular flexibility index (Phi) is 7.04. The molecule has 0 radical (unpaired) electrons. The van der Waals surface area contributed by atoms with E-state index in [-0.39, 0.29) is 11.7 Å². The zero-order chi connectivity index (χ0) is 19.8. The zero-order valence-corrected chi connectivity index (χ0v) is 17.0. The summed E-state index contributed by atoms with van der Waals surface area (Å²) in [6.07, 6.45) is 3.68. The summed E-state index contributed by atoms with van der Waals surface area (Å²) in [7, 11) is 0. The second-order valence-electron chi connectivity index (χ2n) is 5.53. The van der Waals surface area contributed by atoms with Crippen molar-refractivity contribution in [3.63, 3.8) is 0 Å². The molecule has 0 aliphatic carbocycles. The van der Waals surface area contributed by atoms with Crippen LogP contribution in [0.2, 0.25) is 0 Å². The van der Waals surface area contributed by atoms with Crippen LogP contribution in [0.25, 0.3) is 0 Å². The zero-order valence-electron chi connectivity index (χ0n) is 15.3. The number of hydrazone groups is 1. The van der Waals surface area contributed by atoms with E-state index in [1.807, 2.05) is 55.6 Å². The van der Waals surface area contributed by atoms with Crippen LogP contribution in [0.15, 0.2) is 63.8 Å². The van der Waals surface area contributed by atoms with E-state index in [2.05, 4.69) is 36.0 Å². The number of aromatic amines is 1. The van der Waals surface area contributed by atoms with Crippen LogP contribution in [-0.2, 0) is 4.79 Å². The summed E-state index contributed by atoms with van der Waals surface area (Å²) in [4.78, 5) is 21.7. The molecule has 10 heteroatoms. The molecule has 0 bridgehead atoms. The standard InChI is InChI=1S/C18H19N7OS2/c1-12(13-7-5-6-10-19-13)22-23-17-21-18(25-24-17)28-11-16(26)20-14-8-3-4-9-15(14)27-2/h3-10H,11H2,1-2H3,(H,20,26)(H2,21,23,24,25)/b22-12+. The second kappa shape index (κ2) is 9.90. The van der Waals surface area contributed by atoms with Crippen LogP contribution >= 0.6 is 23.5 Å². The van der Waals surface area contributed by atoms with Crippen molar-refractivity contribution in [2.24, 2.45) is 5.10 Å². The van der Waals surface area contributed by atoms with E-state index < -0.39 is 0 Å². The van der Waals surface area contributed by atoms with Crippen molar-refractivity contribution in [2.45, 2.75) is 17.0 Å². The number of nitrogens with one attached hydrogen (secondary N) is 3. The molecule has 0 spiro atoms. The Bertz CT molecular complexity index is 959.